The molecule has 2 aromatic rings. The molecule has 1 saturated heterocycles. The van der Waals surface area contributed by atoms with Gasteiger partial charge in [-0.2, -0.15) is 0 Å². The smallest absolute Gasteiger partial charge is 0.254 e. The molecule has 4 heterocycles. The van der Waals surface area contributed by atoms with E-state index in [1.54, 1.807) is 24.3 Å². The second-order valence-corrected chi connectivity index (χ2v) is 8.49. The van der Waals surface area contributed by atoms with Crippen LogP contribution >= 0.6 is 0 Å². The summed E-state index contributed by atoms with van der Waals surface area (Å²) in [4.78, 5) is 27.5. The molecule has 8 nitrogen and oxygen atoms in total. The molecule has 2 bridgehead atoms. The fourth-order valence-corrected chi connectivity index (χ4v) is 4.86. The average Bonchev–Trinajstić information content (AvgIpc) is 2.79. The van der Waals surface area contributed by atoms with Gasteiger partial charge in [0.2, 0.25) is 0 Å². The Balaban J connectivity index is 1.34. The van der Waals surface area contributed by atoms with E-state index in [0.717, 1.165) is 12.1 Å². The Morgan fingerprint density at radius 2 is 1.59 bits per heavy atom. The largest absolute Gasteiger partial charge is 0.487 e. The third kappa shape index (κ3) is 4.38. The van der Waals surface area contributed by atoms with Gasteiger partial charge in [0.1, 0.15) is 13.2 Å². The number of nitrogens with zero attached hydrogens (tertiary/aromatic N) is 2. The van der Waals surface area contributed by atoms with Crippen LogP contribution in [0.25, 0.3) is 0 Å². The van der Waals surface area contributed by atoms with E-state index in [-0.39, 0.29) is 23.3 Å². The molecule has 3 aliphatic heterocycles. The van der Waals surface area contributed by atoms with Crippen LogP contribution in [0.1, 0.15) is 28.4 Å². The topological polar surface area (TPSA) is 79.2 Å². The standard InChI is InChI=1S/C24H28N2O6/c27-23-3-1-2-20-19-12-17(15-26(20)23)14-25(16-19)24(28)18-4-5-21-22(13-18)32-11-9-30-7-6-29-8-10-31-21/h1-5,13,17,19H,6-12,14-16H2/t17-,19-/m1/s1. The molecule has 3 aliphatic rings. The van der Waals surface area contributed by atoms with Crippen LogP contribution in [-0.2, 0) is 16.0 Å². The number of piperidine rings is 1. The summed E-state index contributed by atoms with van der Waals surface area (Å²) in [5.41, 5.74) is 1.65. The SMILES string of the molecule is O=C(c1ccc2c(c1)OCCOCCOCCO2)N1C[C@H]2C[C@H](C1)c1cccc(=O)n1C2. The van der Waals surface area contributed by atoms with E-state index in [1.807, 2.05) is 21.6 Å². The molecule has 170 valence electrons. The fourth-order valence-electron chi connectivity index (χ4n) is 4.86. The number of carbonyl (C=O) groups is 1. The zero-order valence-corrected chi connectivity index (χ0v) is 18.0. The van der Waals surface area contributed by atoms with Gasteiger partial charge in [0, 0.05) is 42.9 Å². The second kappa shape index (κ2) is 9.34. The Hall–Kier alpha value is -2.84. The highest BCUT2D eigenvalue weighted by Crippen LogP contribution is 2.36. The first kappa shape index (κ1) is 21.0. The molecule has 0 aliphatic carbocycles. The van der Waals surface area contributed by atoms with Crippen LogP contribution in [0.2, 0.25) is 0 Å². The molecule has 2 atom stereocenters. The summed E-state index contributed by atoms with van der Waals surface area (Å²) in [7, 11) is 0. The van der Waals surface area contributed by atoms with E-state index in [9.17, 15) is 9.59 Å². The lowest BCUT2D eigenvalue weighted by atomic mass is 9.83. The van der Waals surface area contributed by atoms with Crippen molar-refractivity contribution in [1.29, 1.82) is 0 Å². The van der Waals surface area contributed by atoms with Gasteiger partial charge in [-0.1, -0.05) is 6.07 Å². The van der Waals surface area contributed by atoms with Crippen molar-refractivity contribution >= 4 is 5.91 Å². The van der Waals surface area contributed by atoms with Crippen molar-refractivity contribution in [2.24, 2.45) is 5.92 Å². The quantitative estimate of drug-likeness (QED) is 0.674. The zero-order valence-electron chi connectivity index (χ0n) is 18.0. The van der Waals surface area contributed by atoms with E-state index in [2.05, 4.69) is 0 Å². The molecule has 1 aromatic carbocycles. The molecule has 0 spiro atoms. The predicted octanol–water partition coefficient (Wildman–Crippen LogP) is 1.91. The molecule has 0 N–H and O–H groups in total. The molecule has 0 unspecified atom stereocenters. The van der Waals surface area contributed by atoms with Crippen LogP contribution in [0.15, 0.2) is 41.2 Å². The van der Waals surface area contributed by atoms with E-state index in [4.69, 9.17) is 18.9 Å². The molecule has 0 radical (unpaired) electrons. The highest BCUT2D eigenvalue weighted by molar-refractivity contribution is 5.95. The van der Waals surface area contributed by atoms with Gasteiger partial charge in [-0.25, -0.2) is 0 Å². The lowest BCUT2D eigenvalue weighted by Gasteiger charge is -2.42. The van der Waals surface area contributed by atoms with Gasteiger partial charge in [-0.3, -0.25) is 9.59 Å². The molecule has 32 heavy (non-hydrogen) atoms. The van der Waals surface area contributed by atoms with Crippen molar-refractivity contribution in [1.82, 2.24) is 9.47 Å². The average molecular weight is 440 g/mol. The Labute approximate surface area is 186 Å². The van der Waals surface area contributed by atoms with Gasteiger partial charge in [0.15, 0.2) is 11.5 Å². The summed E-state index contributed by atoms with van der Waals surface area (Å²) in [5, 5.41) is 0. The highest BCUT2D eigenvalue weighted by Gasteiger charge is 2.36. The first-order valence-corrected chi connectivity index (χ1v) is 11.2. The minimum Gasteiger partial charge on any atom is -0.487 e. The molecule has 0 saturated carbocycles. The molecule has 8 heteroatoms. The Bertz CT molecular complexity index is 1040. The number of benzene rings is 1. The van der Waals surface area contributed by atoms with Crippen LogP contribution in [-0.4, -0.2) is 68.1 Å². The van der Waals surface area contributed by atoms with E-state index >= 15 is 0 Å². The third-order valence-corrected chi connectivity index (χ3v) is 6.30. The lowest BCUT2D eigenvalue weighted by Crippen LogP contribution is -2.49. The summed E-state index contributed by atoms with van der Waals surface area (Å²) in [5.74, 6) is 1.57. The molecule has 1 amide bonds. The van der Waals surface area contributed by atoms with Gasteiger partial charge in [-0.15, -0.1) is 0 Å². The Kier molecular flexibility index (Phi) is 6.14. The minimum absolute atomic E-state index is 0.0245. The number of hydrogen-bond donors (Lipinski definition) is 0. The van der Waals surface area contributed by atoms with Crippen LogP contribution in [0.4, 0.5) is 0 Å². The number of rotatable bonds is 1. The number of carbonyl (C=O) groups excluding carboxylic acids is 1. The summed E-state index contributed by atoms with van der Waals surface area (Å²) >= 11 is 0. The molecule has 5 rings (SSSR count). The number of amides is 1. The highest BCUT2D eigenvalue weighted by atomic mass is 16.6. The molecule has 1 fully saturated rings. The van der Waals surface area contributed by atoms with Crippen LogP contribution in [0.5, 0.6) is 11.5 Å². The first-order valence-electron chi connectivity index (χ1n) is 11.2. The van der Waals surface area contributed by atoms with E-state index in [0.29, 0.717) is 76.3 Å². The van der Waals surface area contributed by atoms with Crippen LogP contribution in [0, 0.1) is 5.92 Å². The maximum absolute atomic E-state index is 13.4. The molecular weight excluding hydrogens is 412 g/mol. The maximum atomic E-state index is 13.4. The van der Waals surface area contributed by atoms with Gasteiger partial charge in [0.05, 0.1) is 26.4 Å². The summed E-state index contributed by atoms with van der Waals surface area (Å²) < 4.78 is 24.5. The number of hydrogen-bond acceptors (Lipinski definition) is 6. The van der Waals surface area contributed by atoms with Crippen molar-refractivity contribution in [3.63, 3.8) is 0 Å². The monoisotopic (exact) mass is 440 g/mol. The van der Waals surface area contributed by atoms with Crippen molar-refractivity contribution in [3.05, 3.63) is 58.0 Å². The predicted molar refractivity (Wildman–Crippen MR) is 117 cm³/mol. The number of fused-ring (bicyclic) bond motifs is 5. The third-order valence-electron chi connectivity index (χ3n) is 6.30. The fraction of sp³-hybridized carbons (Fsp3) is 0.500. The summed E-state index contributed by atoms with van der Waals surface area (Å²) in [6.45, 7) is 4.64. The minimum atomic E-state index is -0.0245. The van der Waals surface area contributed by atoms with Gasteiger partial charge in [0.25, 0.3) is 11.5 Å². The number of ether oxygens (including phenoxy) is 4. The number of aromatic nitrogens is 1. The molecule has 1 aromatic heterocycles. The van der Waals surface area contributed by atoms with Crippen molar-refractivity contribution in [3.8, 4) is 11.5 Å². The summed E-state index contributed by atoms with van der Waals surface area (Å²) in [6, 6.07) is 10.8. The second-order valence-electron chi connectivity index (χ2n) is 8.49. The Morgan fingerprint density at radius 1 is 0.844 bits per heavy atom. The van der Waals surface area contributed by atoms with Gasteiger partial charge < -0.3 is 28.4 Å². The normalized spacial score (nSPS) is 23.4. The van der Waals surface area contributed by atoms with Crippen molar-refractivity contribution in [2.45, 2.75) is 18.9 Å². The zero-order chi connectivity index (χ0) is 21.9. The first-order chi connectivity index (χ1) is 15.7. The van der Waals surface area contributed by atoms with Crippen LogP contribution < -0.4 is 15.0 Å². The van der Waals surface area contributed by atoms with Crippen LogP contribution in [0.3, 0.4) is 0 Å². The number of likely N-dealkylation sites (tertiary alicyclic amines) is 1. The molecular formula is C24H28N2O6. The van der Waals surface area contributed by atoms with E-state index in [1.165, 1.54) is 0 Å². The van der Waals surface area contributed by atoms with Gasteiger partial charge >= 0.3 is 0 Å². The maximum Gasteiger partial charge on any atom is 0.254 e. The number of pyridine rings is 1. The summed E-state index contributed by atoms with van der Waals surface area (Å²) in [6.07, 6.45) is 1.01. The Morgan fingerprint density at radius 3 is 2.41 bits per heavy atom. The van der Waals surface area contributed by atoms with Crippen molar-refractivity contribution < 1.29 is 23.7 Å². The lowest BCUT2D eigenvalue weighted by molar-refractivity contribution is 0.0223. The van der Waals surface area contributed by atoms with Gasteiger partial charge in [-0.05, 0) is 36.6 Å². The van der Waals surface area contributed by atoms with Crippen molar-refractivity contribution in [2.75, 3.05) is 52.7 Å². The van der Waals surface area contributed by atoms with E-state index < -0.39 is 0 Å².